The smallest absolute Gasteiger partial charge is 0.271 e. The van der Waals surface area contributed by atoms with Gasteiger partial charge in [0.15, 0.2) is 0 Å². The standard InChI is InChI=1S/C27H30N4O5S/c1-21-7-6-16-29(19-21)23-14-12-22(13-15-23)18-28-27(32)20-30(24-8-5-9-25(17-24)31(33)34)37(35,36)26-10-3-2-4-11-26/h2-5,8-15,17,21H,6-7,16,18-20H2,1H3,(H,28,32). The van der Waals surface area contributed by atoms with Crippen LogP contribution in [0, 0.1) is 16.0 Å². The molecule has 0 bridgehead atoms. The fourth-order valence-corrected chi connectivity index (χ4v) is 5.87. The van der Waals surface area contributed by atoms with Crippen LogP contribution in [0.1, 0.15) is 25.3 Å². The first-order valence-corrected chi connectivity index (χ1v) is 13.6. The van der Waals surface area contributed by atoms with Crippen LogP contribution in [0.2, 0.25) is 0 Å². The first-order valence-electron chi connectivity index (χ1n) is 12.2. The molecule has 1 saturated heterocycles. The van der Waals surface area contributed by atoms with E-state index in [9.17, 15) is 23.3 Å². The number of anilines is 2. The van der Waals surface area contributed by atoms with Crippen molar-refractivity contribution in [2.24, 2.45) is 5.92 Å². The van der Waals surface area contributed by atoms with Gasteiger partial charge in [0.2, 0.25) is 5.91 Å². The van der Waals surface area contributed by atoms with Crippen molar-refractivity contribution in [3.63, 3.8) is 0 Å². The number of non-ortho nitro benzene ring substituents is 1. The van der Waals surface area contributed by atoms with Crippen LogP contribution in [0.5, 0.6) is 0 Å². The van der Waals surface area contributed by atoms with Gasteiger partial charge in [-0.15, -0.1) is 0 Å². The van der Waals surface area contributed by atoms with Gasteiger partial charge in [-0.2, -0.15) is 0 Å². The maximum Gasteiger partial charge on any atom is 0.271 e. The van der Waals surface area contributed by atoms with Gasteiger partial charge < -0.3 is 10.2 Å². The lowest BCUT2D eigenvalue weighted by molar-refractivity contribution is -0.384. The lowest BCUT2D eigenvalue weighted by atomic mass is 9.99. The molecule has 9 nitrogen and oxygen atoms in total. The highest BCUT2D eigenvalue weighted by Gasteiger charge is 2.28. The van der Waals surface area contributed by atoms with Crippen LogP contribution < -0.4 is 14.5 Å². The van der Waals surface area contributed by atoms with E-state index in [0.29, 0.717) is 5.92 Å². The molecule has 1 heterocycles. The summed E-state index contributed by atoms with van der Waals surface area (Å²) in [6.07, 6.45) is 2.42. The van der Waals surface area contributed by atoms with Crippen molar-refractivity contribution in [3.05, 3.63) is 94.5 Å². The Balaban J connectivity index is 1.48. The number of nitro benzene ring substituents is 1. The minimum absolute atomic E-state index is 0.0167. The number of rotatable bonds is 9. The third-order valence-corrected chi connectivity index (χ3v) is 8.18. The minimum atomic E-state index is -4.15. The molecule has 37 heavy (non-hydrogen) atoms. The second-order valence-electron chi connectivity index (χ2n) is 9.24. The molecule has 0 radical (unpaired) electrons. The van der Waals surface area contributed by atoms with E-state index in [4.69, 9.17) is 0 Å². The molecule has 3 aromatic rings. The Bertz CT molecular complexity index is 1350. The second kappa shape index (κ2) is 11.4. The predicted octanol–water partition coefficient (Wildman–Crippen LogP) is 4.34. The summed E-state index contributed by atoms with van der Waals surface area (Å²) in [6.45, 7) is 4.01. The summed E-state index contributed by atoms with van der Waals surface area (Å²) in [5.41, 5.74) is 1.80. The number of carbonyl (C=O) groups is 1. The second-order valence-corrected chi connectivity index (χ2v) is 11.1. The summed E-state index contributed by atoms with van der Waals surface area (Å²) in [4.78, 5) is 25.9. The number of benzene rings is 3. The van der Waals surface area contributed by atoms with Crippen LogP contribution in [-0.4, -0.2) is 38.9 Å². The van der Waals surface area contributed by atoms with E-state index < -0.39 is 27.4 Å². The van der Waals surface area contributed by atoms with Crippen LogP contribution in [0.25, 0.3) is 0 Å². The predicted molar refractivity (Wildman–Crippen MR) is 143 cm³/mol. The van der Waals surface area contributed by atoms with Crippen molar-refractivity contribution in [1.82, 2.24) is 5.32 Å². The Morgan fingerprint density at radius 1 is 1.08 bits per heavy atom. The maximum atomic E-state index is 13.4. The van der Waals surface area contributed by atoms with Gasteiger partial charge >= 0.3 is 0 Å². The number of hydrogen-bond acceptors (Lipinski definition) is 6. The summed E-state index contributed by atoms with van der Waals surface area (Å²) in [7, 11) is -4.15. The first-order chi connectivity index (χ1) is 17.7. The molecule has 0 spiro atoms. The van der Waals surface area contributed by atoms with Crippen molar-refractivity contribution < 1.29 is 18.1 Å². The molecule has 0 aromatic heterocycles. The SMILES string of the molecule is CC1CCCN(c2ccc(CNC(=O)CN(c3cccc([N+](=O)[O-])c3)S(=O)(=O)c3ccccc3)cc2)C1. The van der Waals surface area contributed by atoms with Crippen LogP contribution >= 0.6 is 0 Å². The third kappa shape index (κ3) is 6.45. The highest BCUT2D eigenvalue weighted by Crippen LogP contribution is 2.27. The molecular weight excluding hydrogens is 492 g/mol. The van der Waals surface area contributed by atoms with Crippen molar-refractivity contribution in [3.8, 4) is 0 Å². The fraction of sp³-hybridized carbons (Fsp3) is 0.296. The third-order valence-electron chi connectivity index (χ3n) is 6.40. The van der Waals surface area contributed by atoms with Crippen molar-refractivity contribution in [2.45, 2.75) is 31.2 Å². The average molecular weight is 523 g/mol. The number of nitro groups is 1. The van der Waals surface area contributed by atoms with Gasteiger partial charge in [-0.3, -0.25) is 19.2 Å². The molecule has 1 unspecified atom stereocenters. The summed E-state index contributed by atoms with van der Waals surface area (Å²) < 4.78 is 27.7. The van der Waals surface area contributed by atoms with Crippen LogP contribution in [-0.2, 0) is 21.4 Å². The van der Waals surface area contributed by atoms with Crippen molar-refractivity contribution >= 4 is 33.0 Å². The first kappa shape index (κ1) is 26.2. The van der Waals surface area contributed by atoms with E-state index in [1.807, 2.05) is 24.3 Å². The van der Waals surface area contributed by atoms with Crippen molar-refractivity contribution in [2.75, 3.05) is 28.8 Å². The number of amides is 1. The van der Waals surface area contributed by atoms with E-state index in [1.54, 1.807) is 18.2 Å². The van der Waals surface area contributed by atoms with Gasteiger partial charge in [0.1, 0.15) is 6.54 Å². The Morgan fingerprint density at radius 3 is 2.49 bits per heavy atom. The summed E-state index contributed by atoms with van der Waals surface area (Å²) in [6, 6.07) is 20.9. The Hall–Kier alpha value is -3.92. The number of nitrogens with zero attached hydrogens (tertiary/aromatic N) is 3. The van der Waals surface area contributed by atoms with E-state index in [2.05, 4.69) is 17.1 Å². The van der Waals surface area contributed by atoms with Crippen molar-refractivity contribution in [1.29, 1.82) is 0 Å². The average Bonchev–Trinajstić information content (AvgIpc) is 2.91. The quantitative estimate of drug-likeness (QED) is 0.330. The van der Waals surface area contributed by atoms with E-state index >= 15 is 0 Å². The van der Waals surface area contributed by atoms with E-state index in [-0.39, 0.29) is 22.8 Å². The molecule has 1 fully saturated rings. The van der Waals surface area contributed by atoms with Gasteiger partial charge in [-0.1, -0.05) is 43.3 Å². The number of nitrogens with one attached hydrogen (secondary N) is 1. The van der Waals surface area contributed by atoms with Gasteiger partial charge in [0.05, 0.1) is 15.5 Å². The van der Waals surface area contributed by atoms with Crippen LogP contribution in [0.3, 0.4) is 0 Å². The Morgan fingerprint density at radius 2 is 1.81 bits per heavy atom. The number of piperidine rings is 1. The lowest BCUT2D eigenvalue weighted by Gasteiger charge is -2.32. The molecule has 1 amide bonds. The van der Waals surface area contributed by atoms with E-state index in [1.165, 1.54) is 43.2 Å². The van der Waals surface area contributed by atoms with Crippen LogP contribution in [0.4, 0.5) is 17.1 Å². The molecule has 0 aliphatic carbocycles. The highest BCUT2D eigenvalue weighted by molar-refractivity contribution is 7.92. The van der Waals surface area contributed by atoms with Gasteiger partial charge in [0.25, 0.3) is 15.7 Å². The zero-order valence-electron chi connectivity index (χ0n) is 20.6. The van der Waals surface area contributed by atoms with Gasteiger partial charge in [-0.05, 0) is 54.7 Å². The summed E-state index contributed by atoms with van der Waals surface area (Å²) in [5, 5.41) is 14.0. The molecule has 3 aromatic carbocycles. The summed E-state index contributed by atoms with van der Waals surface area (Å²) in [5.74, 6) is 0.133. The zero-order valence-corrected chi connectivity index (χ0v) is 21.4. The van der Waals surface area contributed by atoms with Gasteiger partial charge in [-0.25, -0.2) is 8.42 Å². The molecule has 1 aliphatic heterocycles. The number of hydrogen-bond donors (Lipinski definition) is 1. The Kier molecular flexibility index (Phi) is 8.08. The highest BCUT2D eigenvalue weighted by atomic mass is 32.2. The van der Waals surface area contributed by atoms with Gasteiger partial charge in [0, 0.05) is 37.5 Å². The molecule has 1 atom stereocenters. The molecule has 194 valence electrons. The number of sulfonamides is 1. The minimum Gasteiger partial charge on any atom is -0.371 e. The monoisotopic (exact) mass is 522 g/mol. The molecule has 10 heteroatoms. The van der Waals surface area contributed by atoms with Crippen LogP contribution in [0.15, 0.2) is 83.8 Å². The molecule has 1 N–H and O–H groups in total. The normalized spacial score (nSPS) is 15.7. The number of carbonyl (C=O) groups excluding carboxylic acids is 1. The molecule has 4 rings (SSSR count). The van der Waals surface area contributed by atoms with E-state index in [0.717, 1.165) is 34.7 Å². The largest absolute Gasteiger partial charge is 0.371 e. The summed E-state index contributed by atoms with van der Waals surface area (Å²) >= 11 is 0. The molecular formula is C27H30N4O5S. The molecule has 1 aliphatic rings. The molecule has 0 saturated carbocycles. The zero-order chi connectivity index (χ0) is 26.4. The maximum absolute atomic E-state index is 13.4. The topological polar surface area (TPSA) is 113 Å². The fourth-order valence-electron chi connectivity index (χ4n) is 4.43. The Labute approximate surface area is 216 Å². The lowest BCUT2D eigenvalue weighted by Crippen LogP contribution is -2.40.